The molecule has 0 saturated carbocycles. The van der Waals surface area contributed by atoms with Crippen molar-refractivity contribution >= 4 is 0 Å². The van der Waals surface area contributed by atoms with Gasteiger partial charge in [-0.2, -0.15) is 0 Å². The van der Waals surface area contributed by atoms with Crippen molar-refractivity contribution in [1.82, 2.24) is 4.98 Å². The minimum absolute atomic E-state index is 0.395. The summed E-state index contributed by atoms with van der Waals surface area (Å²) in [5.41, 5.74) is 1.69. The van der Waals surface area contributed by atoms with Gasteiger partial charge in [0.25, 0.3) is 0 Å². The fourth-order valence-electron chi connectivity index (χ4n) is 3.64. The van der Waals surface area contributed by atoms with E-state index < -0.39 is 0 Å². The zero-order chi connectivity index (χ0) is 25.4. The van der Waals surface area contributed by atoms with Crippen molar-refractivity contribution in [3.63, 3.8) is 0 Å². The van der Waals surface area contributed by atoms with E-state index in [4.69, 9.17) is 33.2 Å². The average Bonchev–Trinajstić information content (AvgIpc) is 2.93. The van der Waals surface area contributed by atoms with E-state index in [0.717, 1.165) is 30.0 Å². The molecule has 0 fully saturated rings. The lowest BCUT2D eigenvalue weighted by Gasteiger charge is -2.14. The van der Waals surface area contributed by atoms with Gasteiger partial charge < -0.3 is 33.2 Å². The molecule has 4 rings (SSSR count). The van der Waals surface area contributed by atoms with Crippen molar-refractivity contribution in [2.24, 2.45) is 0 Å². The number of ether oxygens (including phenoxy) is 7. The number of para-hydroxylation sites is 4. The fraction of sp³-hybridized carbons (Fsp3) is 0.414. The Hall–Kier alpha value is -3.33. The molecule has 2 aromatic carbocycles. The van der Waals surface area contributed by atoms with Crippen LogP contribution in [-0.4, -0.2) is 57.8 Å². The van der Waals surface area contributed by atoms with Gasteiger partial charge in [-0.05, 0) is 49.2 Å². The molecule has 8 nitrogen and oxygen atoms in total. The first kappa shape index (κ1) is 26.7. The van der Waals surface area contributed by atoms with Gasteiger partial charge in [-0.3, -0.25) is 4.98 Å². The van der Waals surface area contributed by atoms with E-state index in [2.05, 4.69) is 4.98 Å². The molecule has 0 N–H and O–H groups in total. The molecule has 1 aliphatic rings. The van der Waals surface area contributed by atoms with Crippen molar-refractivity contribution < 1.29 is 33.2 Å². The molecule has 0 radical (unpaired) electrons. The molecule has 37 heavy (non-hydrogen) atoms. The van der Waals surface area contributed by atoms with E-state index in [9.17, 15) is 0 Å². The number of benzene rings is 2. The third kappa shape index (κ3) is 9.57. The number of nitrogens with zero attached hydrogens (tertiary/aromatic N) is 1. The molecule has 1 aromatic heterocycles. The quantitative estimate of drug-likeness (QED) is 0.426. The highest BCUT2D eigenvalue weighted by Crippen LogP contribution is 2.27. The van der Waals surface area contributed by atoms with Crippen LogP contribution in [0.2, 0.25) is 0 Å². The topological polar surface area (TPSA) is 77.5 Å². The van der Waals surface area contributed by atoms with Crippen LogP contribution in [0.1, 0.15) is 24.2 Å². The van der Waals surface area contributed by atoms with E-state index in [0.29, 0.717) is 83.3 Å². The molecule has 0 saturated heterocycles. The van der Waals surface area contributed by atoms with Crippen LogP contribution in [0.15, 0.2) is 66.7 Å². The van der Waals surface area contributed by atoms with Gasteiger partial charge in [0.05, 0.1) is 51.0 Å². The highest BCUT2D eigenvalue weighted by Gasteiger charge is 2.07. The predicted octanol–water partition coefficient (Wildman–Crippen LogP) is 4.84. The molecule has 198 valence electrons. The van der Waals surface area contributed by atoms with Crippen molar-refractivity contribution in [1.29, 1.82) is 0 Å². The maximum atomic E-state index is 5.93. The average molecular weight is 510 g/mol. The lowest BCUT2D eigenvalue weighted by atomic mass is 10.3. The van der Waals surface area contributed by atoms with Crippen molar-refractivity contribution in [2.45, 2.75) is 26.1 Å². The van der Waals surface area contributed by atoms with Crippen molar-refractivity contribution in [3.05, 3.63) is 78.1 Å². The van der Waals surface area contributed by atoms with Crippen LogP contribution in [0.3, 0.4) is 0 Å². The Balaban J connectivity index is 1.32. The molecule has 3 aromatic rings. The largest absolute Gasteiger partial charge is 0.490 e. The molecule has 0 unspecified atom stereocenters. The number of aromatic nitrogens is 1. The van der Waals surface area contributed by atoms with Crippen LogP contribution in [0, 0.1) is 0 Å². The number of pyridine rings is 1. The van der Waals surface area contributed by atoms with Gasteiger partial charge in [0.2, 0.25) is 0 Å². The van der Waals surface area contributed by atoms with E-state index in [1.165, 1.54) is 0 Å². The standard InChI is InChI=1S/C29H35NO7/c1-2-11-27-26(10-1)34-15-6-5-14-31-16-19-35-28-12-3-4-13-29(28)37-21-18-33-23-25-9-7-8-24(30-25)22-32-17-20-36-27/h1-4,7-13H,5-6,14-23H2. The van der Waals surface area contributed by atoms with Gasteiger partial charge >= 0.3 is 0 Å². The first-order chi connectivity index (χ1) is 18.4. The summed E-state index contributed by atoms with van der Waals surface area (Å²) in [5, 5.41) is 0. The Morgan fingerprint density at radius 3 is 1.35 bits per heavy atom. The molecule has 2 bridgehead atoms. The van der Waals surface area contributed by atoms with Crippen LogP contribution < -0.4 is 18.9 Å². The molecule has 8 heteroatoms. The fourth-order valence-corrected chi connectivity index (χ4v) is 3.64. The van der Waals surface area contributed by atoms with Gasteiger partial charge in [0.15, 0.2) is 23.0 Å². The molecule has 1 aliphatic heterocycles. The summed E-state index contributed by atoms with van der Waals surface area (Å²) >= 11 is 0. The normalized spacial score (nSPS) is 17.0. The summed E-state index contributed by atoms with van der Waals surface area (Å²) in [6.07, 6.45) is 1.77. The smallest absolute Gasteiger partial charge is 0.161 e. The van der Waals surface area contributed by atoms with Gasteiger partial charge in [-0.1, -0.05) is 30.3 Å². The third-order valence-corrected chi connectivity index (χ3v) is 5.46. The zero-order valence-corrected chi connectivity index (χ0v) is 21.1. The van der Waals surface area contributed by atoms with E-state index >= 15 is 0 Å². The molecule has 0 spiro atoms. The van der Waals surface area contributed by atoms with Crippen LogP contribution in [0.25, 0.3) is 0 Å². The Bertz CT molecular complexity index is 983. The Labute approximate surface area is 218 Å². The molecule has 0 amide bonds. The van der Waals surface area contributed by atoms with Crippen LogP contribution in [0.5, 0.6) is 23.0 Å². The summed E-state index contributed by atoms with van der Waals surface area (Å²) in [7, 11) is 0. The Morgan fingerprint density at radius 1 is 0.405 bits per heavy atom. The summed E-state index contributed by atoms with van der Waals surface area (Å²) < 4.78 is 40.8. The van der Waals surface area contributed by atoms with Crippen LogP contribution in [0.4, 0.5) is 0 Å². The molecule has 0 aliphatic carbocycles. The highest BCUT2D eigenvalue weighted by atomic mass is 16.6. The second kappa shape index (κ2) is 15.7. The third-order valence-electron chi connectivity index (χ3n) is 5.46. The summed E-state index contributed by atoms with van der Waals surface area (Å²) in [6, 6.07) is 21.1. The highest BCUT2D eigenvalue weighted by molar-refractivity contribution is 5.40. The molecular formula is C29H35NO7. The maximum absolute atomic E-state index is 5.93. The lowest BCUT2D eigenvalue weighted by molar-refractivity contribution is 0.0782. The Kier molecular flexibility index (Phi) is 11.3. The van der Waals surface area contributed by atoms with Gasteiger partial charge in [-0.25, -0.2) is 0 Å². The lowest BCUT2D eigenvalue weighted by Crippen LogP contribution is -2.11. The summed E-state index contributed by atoms with van der Waals surface area (Å²) in [6.45, 7) is 4.69. The van der Waals surface area contributed by atoms with E-state index in [1.54, 1.807) is 0 Å². The van der Waals surface area contributed by atoms with E-state index in [-0.39, 0.29) is 0 Å². The van der Waals surface area contributed by atoms with Crippen LogP contribution >= 0.6 is 0 Å². The first-order valence-corrected chi connectivity index (χ1v) is 12.8. The van der Waals surface area contributed by atoms with Gasteiger partial charge in [-0.15, -0.1) is 0 Å². The van der Waals surface area contributed by atoms with Crippen molar-refractivity contribution in [2.75, 3.05) is 52.9 Å². The van der Waals surface area contributed by atoms with Gasteiger partial charge in [0.1, 0.15) is 19.8 Å². The summed E-state index contributed by atoms with van der Waals surface area (Å²) in [4.78, 5) is 4.61. The number of hydrogen-bond donors (Lipinski definition) is 0. The monoisotopic (exact) mass is 509 g/mol. The minimum Gasteiger partial charge on any atom is -0.490 e. The minimum atomic E-state index is 0.395. The second-order valence-corrected chi connectivity index (χ2v) is 8.33. The number of rotatable bonds is 0. The summed E-state index contributed by atoms with van der Waals surface area (Å²) in [5.74, 6) is 2.82. The predicted molar refractivity (Wildman–Crippen MR) is 138 cm³/mol. The Morgan fingerprint density at radius 2 is 0.838 bits per heavy atom. The second-order valence-electron chi connectivity index (χ2n) is 8.33. The number of fused-ring (bicyclic) bond motifs is 4. The number of hydrogen-bond acceptors (Lipinski definition) is 8. The molecular weight excluding hydrogens is 474 g/mol. The van der Waals surface area contributed by atoms with Gasteiger partial charge in [0, 0.05) is 6.61 Å². The first-order valence-electron chi connectivity index (χ1n) is 12.8. The van der Waals surface area contributed by atoms with E-state index in [1.807, 2.05) is 66.7 Å². The molecule has 0 atom stereocenters. The van der Waals surface area contributed by atoms with Crippen molar-refractivity contribution in [3.8, 4) is 23.0 Å². The molecule has 2 heterocycles. The van der Waals surface area contributed by atoms with Crippen LogP contribution in [-0.2, 0) is 27.4 Å². The zero-order valence-electron chi connectivity index (χ0n) is 21.1. The maximum Gasteiger partial charge on any atom is 0.161 e. The SMILES string of the molecule is c1cc2nc(c1)COCCOc1ccccc1OCCOCCCCOc1ccccc1OCCOC2.